The Morgan fingerprint density at radius 1 is 1.42 bits per heavy atom. The van der Waals surface area contributed by atoms with Crippen molar-refractivity contribution in [2.75, 3.05) is 6.54 Å². The Morgan fingerprint density at radius 2 is 2.11 bits per heavy atom. The molecule has 19 heavy (non-hydrogen) atoms. The molecule has 3 N–H and O–H groups in total. The van der Waals surface area contributed by atoms with Gasteiger partial charge in [-0.15, -0.1) is 0 Å². The summed E-state index contributed by atoms with van der Waals surface area (Å²) in [6, 6.07) is 5.68. The topological polar surface area (TPSA) is 83.6 Å². The van der Waals surface area contributed by atoms with Crippen molar-refractivity contribution in [3.05, 3.63) is 34.9 Å². The summed E-state index contributed by atoms with van der Waals surface area (Å²) < 4.78 is 0. The van der Waals surface area contributed by atoms with Crippen LogP contribution in [0.1, 0.15) is 34.3 Å². The first-order chi connectivity index (χ1) is 8.97. The van der Waals surface area contributed by atoms with Crippen molar-refractivity contribution in [3.8, 4) is 0 Å². The fraction of sp³-hybridized carbons (Fsp3) is 0.429. The molecule has 1 aromatic rings. The zero-order valence-electron chi connectivity index (χ0n) is 10.9. The van der Waals surface area contributed by atoms with Crippen molar-refractivity contribution in [1.82, 2.24) is 4.90 Å². The average Bonchev–Trinajstić information content (AvgIpc) is 3.13. The van der Waals surface area contributed by atoms with Gasteiger partial charge in [0.05, 0.1) is 6.54 Å². The number of carboxylic acid groups (broad SMARTS) is 1. The standard InChI is InChI=1S/C14H18N2O3/c1-9-6-10(14(15)19)2-3-11(9)7-16(8-13(17)18)12-4-5-12/h2-3,6,12H,4-5,7-8H2,1H3,(H2,15,19)(H,17,18). The Balaban J connectivity index is 2.12. The molecule has 0 saturated heterocycles. The molecular weight excluding hydrogens is 244 g/mol. The van der Waals surface area contributed by atoms with Crippen molar-refractivity contribution in [3.63, 3.8) is 0 Å². The van der Waals surface area contributed by atoms with Crippen LogP contribution in [0.4, 0.5) is 0 Å². The average molecular weight is 262 g/mol. The quantitative estimate of drug-likeness (QED) is 0.805. The fourth-order valence-corrected chi connectivity index (χ4v) is 2.17. The number of carboxylic acids is 1. The Morgan fingerprint density at radius 3 is 2.58 bits per heavy atom. The summed E-state index contributed by atoms with van der Waals surface area (Å²) >= 11 is 0. The van der Waals surface area contributed by atoms with Gasteiger partial charge in [0.1, 0.15) is 0 Å². The van der Waals surface area contributed by atoms with E-state index in [1.165, 1.54) is 0 Å². The highest BCUT2D eigenvalue weighted by Gasteiger charge is 2.30. The Labute approximate surface area is 112 Å². The van der Waals surface area contributed by atoms with Crippen LogP contribution in [-0.4, -0.2) is 34.5 Å². The smallest absolute Gasteiger partial charge is 0.317 e. The second kappa shape index (κ2) is 5.40. The third kappa shape index (κ3) is 3.54. The summed E-state index contributed by atoms with van der Waals surface area (Å²) in [5, 5.41) is 8.92. The lowest BCUT2D eigenvalue weighted by Gasteiger charge is -2.21. The van der Waals surface area contributed by atoms with Gasteiger partial charge in [0.2, 0.25) is 5.91 Å². The molecule has 1 saturated carbocycles. The van der Waals surface area contributed by atoms with Gasteiger partial charge in [0, 0.05) is 18.2 Å². The van der Waals surface area contributed by atoms with Crippen LogP contribution in [0.2, 0.25) is 0 Å². The van der Waals surface area contributed by atoms with Gasteiger partial charge in [-0.05, 0) is 43.0 Å². The Bertz CT molecular complexity index is 509. The molecular formula is C14H18N2O3. The molecule has 2 rings (SSSR count). The largest absolute Gasteiger partial charge is 0.480 e. The number of hydrogen-bond acceptors (Lipinski definition) is 3. The van der Waals surface area contributed by atoms with E-state index in [4.69, 9.17) is 10.8 Å². The number of nitrogens with zero attached hydrogens (tertiary/aromatic N) is 1. The first-order valence-electron chi connectivity index (χ1n) is 6.32. The highest BCUT2D eigenvalue weighted by atomic mass is 16.4. The number of nitrogens with two attached hydrogens (primary N) is 1. The third-order valence-electron chi connectivity index (χ3n) is 3.40. The van der Waals surface area contributed by atoms with E-state index in [9.17, 15) is 9.59 Å². The number of primary amides is 1. The van der Waals surface area contributed by atoms with Crippen molar-refractivity contribution in [2.24, 2.45) is 5.73 Å². The highest BCUT2D eigenvalue weighted by molar-refractivity contribution is 5.93. The number of benzene rings is 1. The molecule has 0 radical (unpaired) electrons. The molecule has 1 aromatic carbocycles. The van der Waals surface area contributed by atoms with Crippen molar-refractivity contribution in [2.45, 2.75) is 32.4 Å². The van der Waals surface area contributed by atoms with Crippen LogP contribution in [-0.2, 0) is 11.3 Å². The maximum Gasteiger partial charge on any atom is 0.317 e. The second-order valence-electron chi connectivity index (χ2n) is 5.04. The first kappa shape index (κ1) is 13.5. The lowest BCUT2D eigenvalue weighted by atomic mass is 10.0. The molecule has 1 amide bonds. The van der Waals surface area contributed by atoms with E-state index in [1.54, 1.807) is 12.1 Å². The van der Waals surface area contributed by atoms with Gasteiger partial charge in [-0.1, -0.05) is 6.07 Å². The SMILES string of the molecule is Cc1cc(C(N)=O)ccc1CN(CC(=O)O)C1CC1. The summed E-state index contributed by atoms with van der Waals surface area (Å²) in [5.41, 5.74) is 7.72. The molecule has 0 heterocycles. The lowest BCUT2D eigenvalue weighted by molar-refractivity contribution is -0.138. The molecule has 102 valence electrons. The minimum Gasteiger partial charge on any atom is -0.480 e. The summed E-state index contributed by atoms with van der Waals surface area (Å²) in [6.45, 7) is 2.57. The number of aryl methyl sites for hydroxylation is 1. The number of carbonyl (C=O) groups excluding carboxylic acids is 1. The van der Waals surface area contributed by atoms with Gasteiger partial charge >= 0.3 is 5.97 Å². The molecule has 1 aliphatic rings. The molecule has 5 nitrogen and oxygen atoms in total. The third-order valence-corrected chi connectivity index (χ3v) is 3.40. The molecule has 0 unspecified atom stereocenters. The van der Waals surface area contributed by atoms with E-state index in [1.807, 2.05) is 17.9 Å². The van der Waals surface area contributed by atoms with Gasteiger partial charge < -0.3 is 10.8 Å². The number of rotatable bonds is 6. The van der Waals surface area contributed by atoms with Gasteiger partial charge in [0.15, 0.2) is 0 Å². The predicted molar refractivity (Wildman–Crippen MR) is 70.8 cm³/mol. The van der Waals surface area contributed by atoms with E-state index in [0.717, 1.165) is 24.0 Å². The van der Waals surface area contributed by atoms with Gasteiger partial charge in [-0.25, -0.2) is 0 Å². The molecule has 0 bridgehead atoms. The summed E-state index contributed by atoms with van der Waals surface area (Å²) in [4.78, 5) is 23.9. The zero-order valence-corrected chi connectivity index (χ0v) is 10.9. The van der Waals surface area contributed by atoms with Crippen LogP contribution < -0.4 is 5.73 Å². The molecule has 1 aliphatic carbocycles. The molecule has 0 spiro atoms. The lowest BCUT2D eigenvalue weighted by Crippen LogP contribution is -2.31. The second-order valence-corrected chi connectivity index (χ2v) is 5.04. The van der Waals surface area contributed by atoms with Gasteiger partial charge in [-0.3, -0.25) is 14.5 Å². The van der Waals surface area contributed by atoms with Crippen molar-refractivity contribution < 1.29 is 14.7 Å². The zero-order chi connectivity index (χ0) is 14.0. The minimum absolute atomic E-state index is 0.0572. The van der Waals surface area contributed by atoms with Crippen LogP contribution in [0, 0.1) is 6.92 Å². The van der Waals surface area contributed by atoms with Crippen LogP contribution >= 0.6 is 0 Å². The van der Waals surface area contributed by atoms with Crippen LogP contribution in [0.5, 0.6) is 0 Å². The number of amides is 1. The molecule has 5 heteroatoms. The Hall–Kier alpha value is -1.88. The number of carbonyl (C=O) groups is 2. The molecule has 0 aromatic heterocycles. The number of hydrogen-bond donors (Lipinski definition) is 2. The van der Waals surface area contributed by atoms with Crippen LogP contribution in [0.25, 0.3) is 0 Å². The van der Waals surface area contributed by atoms with E-state index in [-0.39, 0.29) is 6.54 Å². The summed E-state index contributed by atoms with van der Waals surface area (Å²) in [6.07, 6.45) is 2.12. The fourth-order valence-electron chi connectivity index (χ4n) is 2.17. The summed E-state index contributed by atoms with van der Waals surface area (Å²) in [7, 11) is 0. The van der Waals surface area contributed by atoms with E-state index >= 15 is 0 Å². The van der Waals surface area contributed by atoms with Crippen LogP contribution in [0.3, 0.4) is 0 Å². The van der Waals surface area contributed by atoms with Gasteiger partial charge in [0.25, 0.3) is 0 Å². The Kier molecular flexibility index (Phi) is 3.85. The maximum atomic E-state index is 11.1. The monoisotopic (exact) mass is 262 g/mol. The van der Waals surface area contributed by atoms with Crippen molar-refractivity contribution in [1.29, 1.82) is 0 Å². The van der Waals surface area contributed by atoms with Crippen LogP contribution in [0.15, 0.2) is 18.2 Å². The number of aliphatic carboxylic acids is 1. The van der Waals surface area contributed by atoms with E-state index in [2.05, 4.69) is 0 Å². The van der Waals surface area contributed by atoms with Crippen molar-refractivity contribution >= 4 is 11.9 Å². The first-order valence-corrected chi connectivity index (χ1v) is 6.32. The molecule has 0 atom stereocenters. The van der Waals surface area contributed by atoms with E-state index < -0.39 is 11.9 Å². The molecule has 1 fully saturated rings. The van der Waals surface area contributed by atoms with E-state index in [0.29, 0.717) is 18.2 Å². The predicted octanol–water partition coefficient (Wildman–Crippen LogP) is 1.14. The highest BCUT2D eigenvalue weighted by Crippen LogP contribution is 2.28. The minimum atomic E-state index is -0.807. The normalized spacial score (nSPS) is 14.6. The van der Waals surface area contributed by atoms with Gasteiger partial charge in [-0.2, -0.15) is 0 Å². The summed E-state index contributed by atoms with van der Waals surface area (Å²) in [5.74, 6) is -1.25. The molecule has 0 aliphatic heterocycles. The maximum absolute atomic E-state index is 11.1.